The first kappa shape index (κ1) is 12.5. The summed E-state index contributed by atoms with van der Waals surface area (Å²) >= 11 is 1.93. The summed E-state index contributed by atoms with van der Waals surface area (Å²) in [6.07, 6.45) is 2.81. The van der Waals surface area contributed by atoms with Gasteiger partial charge in [-0.2, -0.15) is 0 Å². The van der Waals surface area contributed by atoms with E-state index in [-0.39, 0.29) is 5.91 Å². The van der Waals surface area contributed by atoms with Crippen LogP contribution in [0.2, 0.25) is 0 Å². The van der Waals surface area contributed by atoms with Crippen molar-refractivity contribution in [1.82, 2.24) is 5.32 Å². The Labute approximate surface area is 106 Å². The van der Waals surface area contributed by atoms with Crippen molar-refractivity contribution < 1.29 is 4.79 Å². The Kier molecular flexibility index (Phi) is 4.45. The Morgan fingerprint density at radius 1 is 1.47 bits per heavy atom. The molecule has 1 aliphatic rings. The highest BCUT2D eigenvalue weighted by molar-refractivity contribution is 7.99. The second kappa shape index (κ2) is 6.07. The molecule has 0 bridgehead atoms. The molecule has 2 rings (SSSR count). The minimum atomic E-state index is 0.0274. The predicted octanol–water partition coefficient (Wildman–Crippen LogP) is 1.69. The third kappa shape index (κ3) is 3.48. The van der Waals surface area contributed by atoms with Gasteiger partial charge in [0.1, 0.15) is 0 Å². The number of benzene rings is 1. The summed E-state index contributed by atoms with van der Waals surface area (Å²) in [4.78, 5) is 12.7. The zero-order valence-electron chi connectivity index (χ0n) is 9.87. The molecular weight excluding hydrogens is 232 g/mol. The Balaban J connectivity index is 1.95. The molecular formula is C13H18N2OS. The fourth-order valence-corrected chi connectivity index (χ4v) is 2.96. The summed E-state index contributed by atoms with van der Waals surface area (Å²) in [5.41, 5.74) is 7.93. The van der Waals surface area contributed by atoms with Crippen LogP contribution in [0.15, 0.2) is 23.1 Å². The van der Waals surface area contributed by atoms with E-state index in [0.717, 1.165) is 6.42 Å². The van der Waals surface area contributed by atoms with Crippen molar-refractivity contribution >= 4 is 17.7 Å². The van der Waals surface area contributed by atoms with Gasteiger partial charge in [-0.05, 0) is 35.8 Å². The molecule has 0 saturated heterocycles. The number of hydrogen-bond acceptors (Lipinski definition) is 3. The third-order valence-corrected chi connectivity index (χ3v) is 4.04. The summed E-state index contributed by atoms with van der Waals surface area (Å²) in [6.45, 7) is 1.02. The second-order valence-electron chi connectivity index (χ2n) is 4.21. The number of thioether (sulfide) groups is 1. The van der Waals surface area contributed by atoms with Crippen LogP contribution in [-0.2, 0) is 17.8 Å². The molecule has 1 aromatic rings. The lowest BCUT2D eigenvalue weighted by Gasteiger charge is -2.16. The van der Waals surface area contributed by atoms with E-state index in [1.807, 2.05) is 11.8 Å². The van der Waals surface area contributed by atoms with Gasteiger partial charge in [-0.3, -0.25) is 4.79 Å². The fourth-order valence-electron chi connectivity index (χ4n) is 1.94. The van der Waals surface area contributed by atoms with Crippen LogP contribution in [0.4, 0.5) is 0 Å². The average Bonchev–Trinajstić information content (AvgIpc) is 2.36. The molecule has 92 valence electrons. The van der Waals surface area contributed by atoms with E-state index in [1.54, 1.807) is 0 Å². The molecule has 1 aliphatic heterocycles. The van der Waals surface area contributed by atoms with Gasteiger partial charge in [0.2, 0.25) is 5.91 Å². The van der Waals surface area contributed by atoms with Crippen LogP contribution >= 0.6 is 11.8 Å². The molecule has 0 fully saturated rings. The van der Waals surface area contributed by atoms with Gasteiger partial charge in [-0.1, -0.05) is 12.1 Å². The van der Waals surface area contributed by atoms with E-state index in [1.165, 1.54) is 28.2 Å². The average molecular weight is 250 g/mol. The van der Waals surface area contributed by atoms with Crippen molar-refractivity contribution in [3.63, 3.8) is 0 Å². The third-order valence-electron chi connectivity index (χ3n) is 2.83. The van der Waals surface area contributed by atoms with E-state index < -0.39 is 0 Å². The molecule has 0 radical (unpaired) electrons. The lowest BCUT2D eigenvalue weighted by Crippen LogP contribution is -2.25. The number of hydrogen-bond donors (Lipinski definition) is 2. The highest BCUT2D eigenvalue weighted by Gasteiger charge is 2.10. The first-order valence-corrected chi connectivity index (χ1v) is 6.99. The number of amides is 1. The van der Waals surface area contributed by atoms with Gasteiger partial charge in [-0.25, -0.2) is 0 Å². The number of carbonyl (C=O) groups excluding carboxylic acids is 1. The van der Waals surface area contributed by atoms with Gasteiger partial charge in [0.25, 0.3) is 0 Å². The first-order chi connectivity index (χ1) is 8.29. The van der Waals surface area contributed by atoms with Crippen molar-refractivity contribution in [3.05, 3.63) is 29.3 Å². The van der Waals surface area contributed by atoms with E-state index in [4.69, 9.17) is 5.73 Å². The van der Waals surface area contributed by atoms with Gasteiger partial charge in [-0.15, -0.1) is 11.8 Å². The zero-order chi connectivity index (χ0) is 12.1. The van der Waals surface area contributed by atoms with Gasteiger partial charge in [0, 0.05) is 24.4 Å². The van der Waals surface area contributed by atoms with Crippen molar-refractivity contribution in [2.24, 2.45) is 5.73 Å². The molecule has 0 atom stereocenters. The first-order valence-electron chi connectivity index (χ1n) is 6.01. The lowest BCUT2D eigenvalue weighted by molar-refractivity contribution is -0.121. The number of fused-ring (bicyclic) bond motifs is 1. The maximum Gasteiger partial charge on any atom is 0.221 e. The van der Waals surface area contributed by atoms with Crippen molar-refractivity contribution in [2.75, 3.05) is 12.3 Å². The number of rotatable bonds is 4. The number of carbonyl (C=O) groups is 1. The molecule has 17 heavy (non-hydrogen) atoms. The molecule has 0 unspecified atom stereocenters. The van der Waals surface area contributed by atoms with Crippen LogP contribution < -0.4 is 11.1 Å². The lowest BCUT2D eigenvalue weighted by atomic mass is 10.1. The summed E-state index contributed by atoms with van der Waals surface area (Å²) in [7, 11) is 0. The molecule has 4 heteroatoms. The van der Waals surface area contributed by atoms with E-state index >= 15 is 0 Å². The van der Waals surface area contributed by atoms with Crippen LogP contribution in [0.25, 0.3) is 0 Å². The van der Waals surface area contributed by atoms with Crippen LogP contribution in [0.3, 0.4) is 0 Å². The highest BCUT2D eigenvalue weighted by Crippen LogP contribution is 2.30. The van der Waals surface area contributed by atoms with Crippen molar-refractivity contribution in [2.45, 2.75) is 30.7 Å². The van der Waals surface area contributed by atoms with Gasteiger partial charge >= 0.3 is 0 Å². The summed E-state index contributed by atoms with van der Waals surface area (Å²) in [5, 5.41) is 2.88. The molecule has 1 heterocycles. The number of nitrogens with two attached hydrogens (primary N) is 1. The molecule has 0 aromatic heterocycles. The monoisotopic (exact) mass is 250 g/mol. The predicted molar refractivity (Wildman–Crippen MR) is 71.0 cm³/mol. The standard InChI is InChI=1S/C13H18N2OS/c14-6-5-13(16)15-9-10-3-4-12-11(8-10)2-1-7-17-12/h3-4,8H,1-2,5-7,9,14H2,(H,15,16). The number of nitrogens with one attached hydrogen (secondary N) is 1. The van der Waals surface area contributed by atoms with E-state index in [2.05, 4.69) is 23.5 Å². The summed E-state index contributed by atoms with van der Waals surface area (Å²) in [6, 6.07) is 6.48. The topological polar surface area (TPSA) is 55.1 Å². The Bertz CT molecular complexity index is 406. The van der Waals surface area contributed by atoms with Crippen LogP contribution in [-0.4, -0.2) is 18.2 Å². The minimum absolute atomic E-state index is 0.0274. The fraction of sp³-hybridized carbons (Fsp3) is 0.462. The number of aryl methyl sites for hydroxylation is 1. The molecule has 0 saturated carbocycles. The largest absolute Gasteiger partial charge is 0.352 e. The van der Waals surface area contributed by atoms with Crippen LogP contribution in [0.5, 0.6) is 0 Å². The molecule has 3 N–H and O–H groups in total. The van der Waals surface area contributed by atoms with Gasteiger partial charge in [0.15, 0.2) is 0 Å². The SMILES string of the molecule is NCCC(=O)NCc1ccc2c(c1)CCCS2. The molecule has 1 amide bonds. The molecule has 1 aromatic carbocycles. The van der Waals surface area contributed by atoms with Crippen LogP contribution in [0.1, 0.15) is 24.0 Å². The molecule has 0 aliphatic carbocycles. The van der Waals surface area contributed by atoms with Crippen molar-refractivity contribution in [3.8, 4) is 0 Å². The van der Waals surface area contributed by atoms with Gasteiger partial charge < -0.3 is 11.1 Å². The quantitative estimate of drug-likeness (QED) is 0.855. The van der Waals surface area contributed by atoms with Crippen LogP contribution in [0, 0.1) is 0 Å². The Morgan fingerprint density at radius 3 is 3.18 bits per heavy atom. The maximum absolute atomic E-state index is 11.3. The second-order valence-corrected chi connectivity index (χ2v) is 5.35. The minimum Gasteiger partial charge on any atom is -0.352 e. The molecule has 3 nitrogen and oxygen atoms in total. The summed E-state index contributed by atoms with van der Waals surface area (Å²) in [5.74, 6) is 1.25. The summed E-state index contributed by atoms with van der Waals surface area (Å²) < 4.78 is 0. The van der Waals surface area contributed by atoms with Crippen molar-refractivity contribution in [1.29, 1.82) is 0 Å². The smallest absolute Gasteiger partial charge is 0.221 e. The van der Waals surface area contributed by atoms with Gasteiger partial charge in [0.05, 0.1) is 0 Å². The normalized spacial score (nSPS) is 14.2. The van der Waals surface area contributed by atoms with E-state index in [0.29, 0.717) is 19.5 Å². The highest BCUT2D eigenvalue weighted by atomic mass is 32.2. The zero-order valence-corrected chi connectivity index (χ0v) is 10.7. The maximum atomic E-state index is 11.3. The Hall–Kier alpha value is -1.00. The molecule has 0 spiro atoms. The Morgan fingerprint density at radius 2 is 2.35 bits per heavy atom. The van der Waals surface area contributed by atoms with E-state index in [9.17, 15) is 4.79 Å².